The minimum atomic E-state index is 0. The first-order valence-electron chi connectivity index (χ1n) is 7.62. The molecule has 3 aromatic rings. The van der Waals surface area contributed by atoms with Crippen LogP contribution in [0.25, 0.3) is 11.4 Å². The Kier molecular flexibility index (Phi) is 6.00. The molecule has 0 spiro atoms. The van der Waals surface area contributed by atoms with Gasteiger partial charge in [0, 0.05) is 19.2 Å². The van der Waals surface area contributed by atoms with Crippen molar-refractivity contribution in [1.29, 1.82) is 0 Å². The van der Waals surface area contributed by atoms with Gasteiger partial charge in [-0.3, -0.25) is 0 Å². The van der Waals surface area contributed by atoms with Crippen LogP contribution in [0.5, 0.6) is 11.5 Å². The third kappa shape index (κ3) is 4.09. The first-order valence-corrected chi connectivity index (χ1v) is 7.62. The van der Waals surface area contributed by atoms with Crippen molar-refractivity contribution < 1.29 is 9.47 Å². The molecule has 6 nitrogen and oxygen atoms in total. The average molecular weight is 340 g/mol. The highest BCUT2D eigenvalue weighted by atomic mass is 16.5. The Bertz CT molecular complexity index is 816. The zero-order chi connectivity index (χ0) is 16.9. The van der Waals surface area contributed by atoms with Crippen LogP contribution in [0, 0.1) is 0 Å². The third-order valence-corrected chi connectivity index (χ3v) is 3.69. The minimum Gasteiger partial charge on any atom is -0.493 e. The van der Waals surface area contributed by atoms with Gasteiger partial charge in [-0.15, -0.1) is 5.10 Å². The normalized spacial score (nSPS) is 10.0. The fraction of sp³-hybridized carbons (Fsp3) is 0.263. The number of methoxy groups -OCH3 is 2. The fourth-order valence-corrected chi connectivity index (χ4v) is 2.42. The van der Waals surface area contributed by atoms with Crippen LogP contribution >= 0.6 is 0 Å². The second kappa shape index (κ2) is 8.19. The Morgan fingerprint density at radius 1 is 1.00 bits per heavy atom. The zero-order valence-corrected chi connectivity index (χ0v) is 14.0. The van der Waals surface area contributed by atoms with Gasteiger partial charge in [-0.25, -0.2) is 4.68 Å². The molecule has 132 valence electrons. The van der Waals surface area contributed by atoms with Crippen LogP contribution in [0.2, 0.25) is 0 Å². The molecule has 6 heteroatoms. The molecular weight excluding hydrogens is 316 g/mol. The van der Waals surface area contributed by atoms with E-state index >= 15 is 0 Å². The van der Waals surface area contributed by atoms with E-state index in [1.54, 1.807) is 18.9 Å². The Morgan fingerprint density at radius 2 is 1.72 bits per heavy atom. The number of aryl methyl sites for hydroxylation is 1. The number of benzene rings is 2. The molecule has 0 radical (unpaired) electrons. The maximum atomic E-state index is 5.33. The van der Waals surface area contributed by atoms with Crippen LogP contribution in [-0.2, 0) is 13.6 Å². The Labute approximate surface area is 148 Å². The maximum absolute atomic E-state index is 5.33. The molecule has 0 bridgehead atoms. The molecule has 25 heavy (non-hydrogen) atoms. The molecule has 0 aliphatic carbocycles. The summed E-state index contributed by atoms with van der Waals surface area (Å²) < 4.78 is 12.3. The Morgan fingerprint density at radius 3 is 2.40 bits per heavy atom. The van der Waals surface area contributed by atoms with Gasteiger partial charge in [0.25, 0.3) is 0 Å². The molecule has 0 aliphatic heterocycles. The molecule has 0 aliphatic rings. The molecule has 0 atom stereocenters. The topological polar surface area (TPSA) is 61.2 Å². The van der Waals surface area contributed by atoms with Gasteiger partial charge in [0.2, 0.25) is 5.95 Å². The van der Waals surface area contributed by atoms with Crippen molar-refractivity contribution in [2.24, 2.45) is 7.05 Å². The molecule has 0 unspecified atom stereocenters. The van der Waals surface area contributed by atoms with E-state index in [-0.39, 0.29) is 7.43 Å². The Balaban J connectivity index is 0.00000225. The van der Waals surface area contributed by atoms with Crippen LogP contribution < -0.4 is 14.8 Å². The van der Waals surface area contributed by atoms with Gasteiger partial charge in [-0.05, 0) is 17.7 Å². The molecule has 1 N–H and O–H groups in total. The van der Waals surface area contributed by atoms with Crippen molar-refractivity contribution in [2.45, 2.75) is 14.0 Å². The van der Waals surface area contributed by atoms with Crippen molar-refractivity contribution >= 4 is 5.95 Å². The van der Waals surface area contributed by atoms with Gasteiger partial charge in [-0.2, -0.15) is 4.98 Å². The van der Waals surface area contributed by atoms with Gasteiger partial charge in [0.05, 0.1) is 14.2 Å². The second-order valence-electron chi connectivity index (χ2n) is 5.29. The van der Waals surface area contributed by atoms with Crippen molar-refractivity contribution in [1.82, 2.24) is 14.8 Å². The second-order valence-corrected chi connectivity index (χ2v) is 5.29. The predicted molar refractivity (Wildman–Crippen MR) is 100 cm³/mol. The maximum Gasteiger partial charge on any atom is 0.221 e. The van der Waals surface area contributed by atoms with Crippen molar-refractivity contribution in [2.75, 3.05) is 19.5 Å². The number of nitrogens with zero attached hydrogens (tertiary/aromatic N) is 3. The molecule has 3 rings (SSSR count). The largest absolute Gasteiger partial charge is 0.493 e. The fourth-order valence-electron chi connectivity index (χ4n) is 2.42. The van der Waals surface area contributed by atoms with Gasteiger partial charge < -0.3 is 14.8 Å². The number of anilines is 1. The van der Waals surface area contributed by atoms with Crippen LogP contribution in [-0.4, -0.2) is 29.0 Å². The van der Waals surface area contributed by atoms with E-state index in [1.807, 2.05) is 55.6 Å². The monoisotopic (exact) mass is 340 g/mol. The number of nitrogens with one attached hydrogen (secondary N) is 1. The highest BCUT2D eigenvalue weighted by Gasteiger charge is 2.09. The SMILES string of the molecule is C.COc1ccc(CNc2nc(-c3ccccc3)nn2C)cc1OC. The minimum absolute atomic E-state index is 0. The summed E-state index contributed by atoms with van der Waals surface area (Å²) in [4.78, 5) is 4.56. The van der Waals surface area contributed by atoms with Crippen molar-refractivity contribution in [3.8, 4) is 22.9 Å². The number of hydrogen-bond donors (Lipinski definition) is 1. The van der Waals surface area contributed by atoms with E-state index < -0.39 is 0 Å². The summed E-state index contributed by atoms with van der Waals surface area (Å²) in [5.74, 6) is 2.84. The molecule has 1 heterocycles. The highest BCUT2D eigenvalue weighted by molar-refractivity contribution is 5.56. The highest BCUT2D eigenvalue weighted by Crippen LogP contribution is 2.27. The lowest BCUT2D eigenvalue weighted by Gasteiger charge is -2.10. The molecule has 2 aromatic carbocycles. The van der Waals surface area contributed by atoms with E-state index in [0.29, 0.717) is 29.8 Å². The van der Waals surface area contributed by atoms with Gasteiger partial charge in [0.1, 0.15) is 0 Å². The molecule has 1 aromatic heterocycles. The number of hydrogen-bond acceptors (Lipinski definition) is 5. The first kappa shape index (κ1) is 18.3. The van der Waals surface area contributed by atoms with E-state index in [4.69, 9.17) is 9.47 Å². The van der Waals surface area contributed by atoms with E-state index in [9.17, 15) is 0 Å². The smallest absolute Gasteiger partial charge is 0.221 e. The summed E-state index contributed by atoms with van der Waals surface area (Å²) in [7, 11) is 5.13. The zero-order valence-electron chi connectivity index (χ0n) is 14.0. The lowest BCUT2D eigenvalue weighted by Crippen LogP contribution is -2.06. The standard InChI is InChI=1S/C18H20N4O2.CH4/c1-22-18(20-17(21-22)14-7-5-4-6-8-14)19-12-13-9-10-15(23-2)16(11-13)24-3;/h4-11H,12H2,1-3H3,(H,19,20,21);1H4. The summed E-state index contributed by atoms with van der Waals surface area (Å²) >= 11 is 0. The van der Waals surface area contributed by atoms with Gasteiger partial charge >= 0.3 is 0 Å². The predicted octanol–water partition coefficient (Wildman–Crippen LogP) is 3.75. The van der Waals surface area contributed by atoms with Gasteiger partial charge in [-0.1, -0.05) is 43.8 Å². The van der Waals surface area contributed by atoms with Gasteiger partial charge in [0.15, 0.2) is 17.3 Å². The van der Waals surface area contributed by atoms with Crippen LogP contribution in [0.3, 0.4) is 0 Å². The van der Waals surface area contributed by atoms with Crippen LogP contribution in [0.1, 0.15) is 13.0 Å². The molecule has 0 amide bonds. The number of aromatic nitrogens is 3. The summed E-state index contributed by atoms with van der Waals surface area (Å²) in [6, 6.07) is 15.7. The summed E-state index contributed by atoms with van der Waals surface area (Å²) in [6.45, 7) is 0.612. The van der Waals surface area contributed by atoms with Crippen LogP contribution in [0.4, 0.5) is 5.95 Å². The lowest BCUT2D eigenvalue weighted by molar-refractivity contribution is 0.354. The first-order chi connectivity index (χ1) is 11.7. The average Bonchev–Trinajstić information content (AvgIpc) is 3.01. The number of rotatable bonds is 6. The molecule has 0 saturated heterocycles. The summed E-state index contributed by atoms with van der Waals surface area (Å²) in [6.07, 6.45) is 0. The summed E-state index contributed by atoms with van der Waals surface area (Å²) in [5.41, 5.74) is 2.06. The van der Waals surface area contributed by atoms with E-state index in [0.717, 1.165) is 11.1 Å². The lowest BCUT2D eigenvalue weighted by atomic mass is 10.2. The molecule has 0 saturated carbocycles. The van der Waals surface area contributed by atoms with Crippen LogP contribution in [0.15, 0.2) is 48.5 Å². The number of ether oxygens (including phenoxy) is 2. The summed E-state index contributed by atoms with van der Waals surface area (Å²) in [5, 5.41) is 7.75. The third-order valence-electron chi connectivity index (χ3n) is 3.69. The van der Waals surface area contributed by atoms with E-state index in [1.165, 1.54) is 0 Å². The van der Waals surface area contributed by atoms with Crippen molar-refractivity contribution in [3.63, 3.8) is 0 Å². The molecule has 0 fully saturated rings. The van der Waals surface area contributed by atoms with E-state index in [2.05, 4.69) is 15.4 Å². The Hall–Kier alpha value is -3.02. The quantitative estimate of drug-likeness (QED) is 0.740. The van der Waals surface area contributed by atoms with Crippen molar-refractivity contribution in [3.05, 3.63) is 54.1 Å². The molecular formula is C19H24N4O2.